The van der Waals surface area contributed by atoms with Crippen molar-refractivity contribution in [1.82, 2.24) is 9.97 Å². The summed E-state index contributed by atoms with van der Waals surface area (Å²) in [6.07, 6.45) is 8.83. The predicted molar refractivity (Wildman–Crippen MR) is 41.7 cm³/mol. The molecule has 0 amide bonds. The number of nitrogens with zero attached hydrogens (tertiary/aromatic N) is 1. The maximum Gasteiger partial charge on any atom is 0.0921 e. The van der Waals surface area contributed by atoms with Gasteiger partial charge in [0.05, 0.1) is 6.33 Å². The Labute approximate surface area is 61.0 Å². The Balaban J connectivity index is 2.21. The quantitative estimate of drug-likeness (QED) is 0.497. The first kappa shape index (κ1) is 7.06. The van der Waals surface area contributed by atoms with Gasteiger partial charge in [0.25, 0.3) is 0 Å². The van der Waals surface area contributed by atoms with Crippen molar-refractivity contribution in [2.75, 3.05) is 0 Å². The van der Waals surface area contributed by atoms with Gasteiger partial charge >= 0.3 is 0 Å². The lowest BCUT2D eigenvalue weighted by Gasteiger charge is -1.91. The van der Waals surface area contributed by atoms with Crippen LogP contribution in [0.25, 0.3) is 0 Å². The van der Waals surface area contributed by atoms with Crippen molar-refractivity contribution in [2.24, 2.45) is 0 Å². The van der Waals surface area contributed by atoms with Gasteiger partial charge in [0.2, 0.25) is 0 Å². The standard InChI is InChI=1S/C8H12N2/c1-2-3-4-5-8-6-9-7-10-8/h2,6-7H,1,3-5H2,(H,9,10). The monoisotopic (exact) mass is 136 g/mol. The van der Waals surface area contributed by atoms with E-state index in [0.29, 0.717) is 0 Å². The highest BCUT2D eigenvalue weighted by molar-refractivity contribution is 4.94. The first-order valence-electron chi connectivity index (χ1n) is 3.51. The van der Waals surface area contributed by atoms with Crippen LogP contribution in [0.5, 0.6) is 0 Å². The van der Waals surface area contributed by atoms with E-state index in [1.165, 1.54) is 5.69 Å². The average Bonchev–Trinajstić information content (AvgIpc) is 2.41. The Morgan fingerprint density at radius 2 is 2.60 bits per heavy atom. The molecule has 2 heteroatoms. The molecule has 0 spiro atoms. The van der Waals surface area contributed by atoms with E-state index < -0.39 is 0 Å². The summed E-state index contributed by atoms with van der Waals surface area (Å²) in [4.78, 5) is 6.97. The number of rotatable bonds is 4. The highest BCUT2D eigenvalue weighted by Crippen LogP contribution is 1.99. The van der Waals surface area contributed by atoms with Crippen LogP contribution in [0, 0.1) is 0 Å². The second-order valence-corrected chi connectivity index (χ2v) is 2.26. The van der Waals surface area contributed by atoms with Gasteiger partial charge in [-0.3, -0.25) is 0 Å². The number of aromatic amines is 1. The third-order valence-electron chi connectivity index (χ3n) is 1.41. The molecular formula is C8H12N2. The fourth-order valence-corrected chi connectivity index (χ4v) is 0.858. The molecule has 0 saturated carbocycles. The molecule has 10 heavy (non-hydrogen) atoms. The minimum atomic E-state index is 1.08. The fraction of sp³-hybridized carbons (Fsp3) is 0.375. The van der Waals surface area contributed by atoms with Crippen molar-refractivity contribution in [3.05, 3.63) is 30.9 Å². The van der Waals surface area contributed by atoms with Gasteiger partial charge in [-0.25, -0.2) is 4.98 Å². The third-order valence-corrected chi connectivity index (χ3v) is 1.41. The second kappa shape index (κ2) is 3.88. The van der Waals surface area contributed by atoms with Crippen molar-refractivity contribution >= 4 is 0 Å². The van der Waals surface area contributed by atoms with E-state index in [0.717, 1.165) is 19.3 Å². The number of allylic oxidation sites excluding steroid dienone is 1. The zero-order chi connectivity index (χ0) is 7.23. The molecule has 0 saturated heterocycles. The highest BCUT2D eigenvalue weighted by atomic mass is 14.9. The molecule has 0 atom stereocenters. The Morgan fingerprint density at radius 1 is 1.70 bits per heavy atom. The van der Waals surface area contributed by atoms with Crippen LogP contribution in [0.3, 0.4) is 0 Å². The molecular weight excluding hydrogens is 124 g/mol. The summed E-state index contributed by atoms with van der Waals surface area (Å²) >= 11 is 0. The number of H-pyrrole nitrogens is 1. The van der Waals surface area contributed by atoms with Crippen molar-refractivity contribution in [3.63, 3.8) is 0 Å². The molecule has 0 aliphatic carbocycles. The van der Waals surface area contributed by atoms with Crippen LogP contribution in [0.4, 0.5) is 0 Å². The van der Waals surface area contributed by atoms with E-state index in [1.807, 2.05) is 12.3 Å². The lowest BCUT2D eigenvalue weighted by molar-refractivity contribution is 0.825. The third kappa shape index (κ3) is 2.05. The van der Waals surface area contributed by atoms with E-state index in [2.05, 4.69) is 16.5 Å². The second-order valence-electron chi connectivity index (χ2n) is 2.26. The fourth-order valence-electron chi connectivity index (χ4n) is 0.858. The van der Waals surface area contributed by atoms with Crippen molar-refractivity contribution < 1.29 is 0 Å². The van der Waals surface area contributed by atoms with Gasteiger partial charge in [0.1, 0.15) is 0 Å². The minimum absolute atomic E-state index is 1.08. The largest absolute Gasteiger partial charge is 0.348 e. The number of nitrogens with one attached hydrogen (secondary N) is 1. The van der Waals surface area contributed by atoms with E-state index in [-0.39, 0.29) is 0 Å². The Bertz CT molecular complexity index is 177. The van der Waals surface area contributed by atoms with Gasteiger partial charge in [0.15, 0.2) is 0 Å². The number of imidazole rings is 1. The highest BCUT2D eigenvalue weighted by Gasteiger charge is 1.90. The molecule has 0 aromatic carbocycles. The number of hydrogen-bond acceptors (Lipinski definition) is 1. The van der Waals surface area contributed by atoms with Gasteiger partial charge in [-0.2, -0.15) is 0 Å². The molecule has 0 unspecified atom stereocenters. The molecule has 1 rings (SSSR count). The van der Waals surface area contributed by atoms with Crippen LogP contribution in [0.1, 0.15) is 18.5 Å². The molecule has 0 fully saturated rings. The summed E-state index contributed by atoms with van der Waals surface area (Å²) in [6, 6.07) is 0. The Morgan fingerprint density at radius 3 is 3.20 bits per heavy atom. The molecule has 1 aromatic rings. The van der Waals surface area contributed by atoms with Gasteiger partial charge in [0, 0.05) is 11.9 Å². The first-order chi connectivity index (χ1) is 4.93. The molecule has 1 heterocycles. The molecule has 54 valence electrons. The first-order valence-corrected chi connectivity index (χ1v) is 3.51. The van der Waals surface area contributed by atoms with E-state index in [4.69, 9.17) is 0 Å². The van der Waals surface area contributed by atoms with Crippen LogP contribution in [-0.2, 0) is 6.42 Å². The summed E-state index contributed by atoms with van der Waals surface area (Å²) in [7, 11) is 0. The molecule has 0 radical (unpaired) electrons. The summed E-state index contributed by atoms with van der Waals surface area (Å²) < 4.78 is 0. The van der Waals surface area contributed by atoms with Crippen LogP contribution in [-0.4, -0.2) is 9.97 Å². The SMILES string of the molecule is C=CCCCc1cnc[nH]1. The zero-order valence-electron chi connectivity index (χ0n) is 6.01. The van der Waals surface area contributed by atoms with Crippen molar-refractivity contribution in [1.29, 1.82) is 0 Å². The van der Waals surface area contributed by atoms with Gasteiger partial charge < -0.3 is 4.98 Å². The van der Waals surface area contributed by atoms with Crippen molar-refractivity contribution in [3.8, 4) is 0 Å². The summed E-state index contributed by atoms with van der Waals surface area (Å²) in [6.45, 7) is 3.65. The summed E-state index contributed by atoms with van der Waals surface area (Å²) in [5.41, 5.74) is 1.21. The van der Waals surface area contributed by atoms with Crippen molar-refractivity contribution in [2.45, 2.75) is 19.3 Å². The minimum Gasteiger partial charge on any atom is -0.348 e. The maximum atomic E-state index is 3.92. The van der Waals surface area contributed by atoms with Gasteiger partial charge in [-0.05, 0) is 19.3 Å². The molecule has 1 aromatic heterocycles. The zero-order valence-corrected chi connectivity index (χ0v) is 6.01. The van der Waals surface area contributed by atoms with Crippen LogP contribution in [0.2, 0.25) is 0 Å². The van der Waals surface area contributed by atoms with Crippen LogP contribution >= 0.6 is 0 Å². The lowest BCUT2D eigenvalue weighted by Crippen LogP contribution is -1.82. The molecule has 1 N–H and O–H groups in total. The Kier molecular flexibility index (Phi) is 2.74. The van der Waals surface area contributed by atoms with Gasteiger partial charge in [-0.1, -0.05) is 6.08 Å². The number of aromatic nitrogens is 2. The molecule has 0 aliphatic heterocycles. The average molecular weight is 136 g/mol. The number of unbranched alkanes of at least 4 members (excludes halogenated alkanes) is 1. The summed E-state index contributed by atoms with van der Waals surface area (Å²) in [5.74, 6) is 0. The smallest absolute Gasteiger partial charge is 0.0921 e. The maximum absolute atomic E-state index is 3.92. The van der Waals surface area contributed by atoms with Crippen LogP contribution in [0.15, 0.2) is 25.2 Å². The molecule has 2 nitrogen and oxygen atoms in total. The normalized spacial score (nSPS) is 9.60. The topological polar surface area (TPSA) is 28.7 Å². The van der Waals surface area contributed by atoms with Gasteiger partial charge in [-0.15, -0.1) is 6.58 Å². The van der Waals surface area contributed by atoms with E-state index in [9.17, 15) is 0 Å². The summed E-state index contributed by atoms with van der Waals surface area (Å²) in [5, 5.41) is 0. The predicted octanol–water partition coefficient (Wildman–Crippen LogP) is 1.92. The Hall–Kier alpha value is -1.05. The van der Waals surface area contributed by atoms with E-state index >= 15 is 0 Å². The molecule has 0 bridgehead atoms. The number of aryl methyl sites for hydroxylation is 1. The van der Waals surface area contributed by atoms with Crippen LogP contribution < -0.4 is 0 Å². The molecule has 0 aliphatic rings. The lowest BCUT2D eigenvalue weighted by atomic mass is 10.2. The van der Waals surface area contributed by atoms with E-state index in [1.54, 1.807) is 6.33 Å². The number of hydrogen-bond donors (Lipinski definition) is 1.